The summed E-state index contributed by atoms with van der Waals surface area (Å²) in [7, 11) is 0. The van der Waals surface area contributed by atoms with Gasteiger partial charge in [0.1, 0.15) is 17.0 Å². The fraction of sp³-hybridized carbons (Fsp3) is 0.688. The summed E-state index contributed by atoms with van der Waals surface area (Å²) in [5, 5.41) is 10.9. The van der Waals surface area contributed by atoms with Crippen LogP contribution in [0.5, 0.6) is 0 Å². The SMILES string of the molecule is Cc1cc(C(N)C2(O)CCCN(C(=O)OC(C)(C)C)C2)co1. The fourth-order valence-electron chi connectivity index (χ4n) is 2.74. The van der Waals surface area contributed by atoms with E-state index in [1.165, 1.54) is 4.90 Å². The second-order valence-electron chi connectivity index (χ2n) is 7.08. The zero-order valence-corrected chi connectivity index (χ0v) is 13.8. The molecule has 2 rings (SSSR count). The molecule has 1 aromatic heterocycles. The van der Waals surface area contributed by atoms with Gasteiger partial charge < -0.3 is 24.9 Å². The summed E-state index contributed by atoms with van der Waals surface area (Å²) in [5.74, 6) is 0.744. The number of aliphatic hydroxyl groups is 1. The lowest BCUT2D eigenvalue weighted by molar-refractivity contribution is -0.0576. The maximum absolute atomic E-state index is 12.2. The summed E-state index contributed by atoms with van der Waals surface area (Å²) < 4.78 is 10.6. The number of nitrogens with two attached hydrogens (primary N) is 1. The molecule has 0 aliphatic carbocycles. The van der Waals surface area contributed by atoms with Crippen LogP contribution in [0.1, 0.15) is 51.0 Å². The van der Waals surface area contributed by atoms with Crippen LogP contribution in [-0.4, -0.2) is 40.4 Å². The van der Waals surface area contributed by atoms with Crippen LogP contribution in [0, 0.1) is 6.92 Å². The Balaban J connectivity index is 2.09. The second kappa shape index (κ2) is 5.93. The first-order valence-electron chi connectivity index (χ1n) is 7.62. The fourth-order valence-corrected chi connectivity index (χ4v) is 2.74. The van der Waals surface area contributed by atoms with Crippen LogP contribution in [0.2, 0.25) is 0 Å². The quantitative estimate of drug-likeness (QED) is 0.875. The molecule has 0 bridgehead atoms. The lowest BCUT2D eigenvalue weighted by Crippen LogP contribution is -2.56. The maximum atomic E-state index is 12.2. The molecule has 6 heteroatoms. The van der Waals surface area contributed by atoms with Crippen molar-refractivity contribution in [3.8, 4) is 0 Å². The highest BCUT2D eigenvalue weighted by Gasteiger charge is 2.42. The highest BCUT2D eigenvalue weighted by molar-refractivity contribution is 5.68. The van der Waals surface area contributed by atoms with Gasteiger partial charge in [0.05, 0.1) is 18.8 Å². The summed E-state index contributed by atoms with van der Waals surface area (Å²) in [4.78, 5) is 13.7. The number of hydrogen-bond acceptors (Lipinski definition) is 5. The Morgan fingerprint density at radius 2 is 2.23 bits per heavy atom. The van der Waals surface area contributed by atoms with Crippen molar-refractivity contribution in [3.05, 3.63) is 23.7 Å². The van der Waals surface area contributed by atoms with Gasteiger partial charge in [0.15, 0.2) is 0 Å². The van der Waals surface area contributed by atoms with Gasteiger partial charge in [0, 0.05) is 12.1 Å². The van der Waals surface area contributed by atoms with Gasteiger partial charge in [0.25, 0.3) is 0 Å². The molecular weight excluding hydrogens is 284 g/mol. The molecule has 2 atom stereocenters. The average Bonchev–Trinajstić information content (AvgIpc) is 2.82. The van der Waals surface area contributed by atoms with E-state index in [1.54, 1.807) is 6.26 Å². The number of furan rings is 1. The number of piperidine rings is 1. The van der Waals surface area contributed by atoms with Crippen molar-refractivity contribution < 1.29 is 19.1 Å². The van der Waals surface area contributed by atoms with E-state index in [9.17, 15) is 9.90 Å². The number of rotatable bonds is 2. The molecule has 3 N–H and O–H groups in total. The summed E-state index contributed by atoms with van der Waals surface area (Å²) in [6.45, 7) is 8.01. The molecule has 22 heavy (non-hydrogen) atoms. The highest BCUT2D eigenvalue weighted by atomic mass is 16.6. The molecular formula is C16H26N2O4. The van der Waals surface area contributed by atoms with E-state index >= 15 is 0 Å². The largest absolute Gasteiger partial charge is 0.469 e. The minimum Gasteiger partial charge on any atom is -0.469 e. The smallest absolute Gasteiger partial charge is 0.410 e. The number of carbonyl (C=O) groups excluding carboxylic acids is 1. The highest BCUT2D eigenvalue weighted by Crippen LogP contribution is 2.33. The van der Waals surface area contributed by atoms with E-state index in [2.05, 4.69) is 0 Å². The van der Waals surface area contributed by atoms with Crippen molar-refractivity contribution in [1.82, 2.24) is 4.90 Å². The van der Waals surface area contributed by atoms with Gasteiger partial charge in [0.2, 0.25) is 0 Å². The normalized spacial score (nSPS) is 24.2. The topological polar surface area (TPSA) is 88.9 Å². The van der Waals surface area contributed by atoms with Gasteiger partial charge >= 0.3 is 6.09 Å². The van der Waals surface area contributed by atoms with E-state index in [4.69, 9.17) is 14.9 Å². The van der Waals surface area contributed by atoms with Crippen molar-refractivity contribution >= 4 is 6.09 Å². The standard InChI is InChI=1S/C16H26N2O4/c1-11-8-12(9-21-11)13(17)16(20)6-5-7-18(10-16)14(19)22-15(2,3)4/h8-9,13,20H,5-7,10,17H2,1-4H3. The summed E-state index contributed by atoms with van der Waals surface area (Å²) in [6, 6.07) is 1.21. The first-order valence-corrected chi connectivity index (χ1v) is 7.62. The minimum absolute atomic E-state index is 0.160. The van der Waals surface area contributed by atoms with Crippen molar-refractivity contribution in [2.24, 2.45) is 5.73 Å². The molecule has 1 saturated heterocycles. The van der Waals surface area contributed by atoms with E-state index < -0.39 is 23.3 Å². The van der Waals surface area contributed by atoms with Gasteiger partial charge in [-0.2, -0.15) is 0 Å². The molecule has 0 radical (unpaired) electrons. The molecule has 0 aromatic carbocycles. The molecule has 0 saturated carbocycles. The molecule has 1 amide bonds. The number of aryl methyl sites for hydroxylation is 1. The van der Waals surface area contributed by atoms with Gasteiger partial charge in [-0.1, -0.05) is 0 Å². The number of amides is 1. The van der Waals surface area contributed by atoms with Crippen LogP contribution < -0.4 is 5.73 Å². The zero-order valence-electron chi connectivity index (χ0n) is 13.8. The number of carbonyl (C=O) groups is 1. The Kier molecular flexibility index (Phi) is 4.54. The van der Waals surface area contributed by atoms with Crippen LogP contribution in [0.4, 0.5) is 4.79 Å². The van der Waals surface area contributed by atoms with Gasteiger partial charge in [-0.05, 0) is 46.6 Å². The predicted molar refractivity (Wildman–Crippen MR) is 82.4 cm³/mol. The van der Waals surface area contributed by atoms with Crippen LogP contribution in [0.15, 0.2) is 16.7 Å². The van der Waals surface area contributed by atoms with Crippen LogP contribution in [-0.2, 0) is 4.74 Å². The maximum Gasteiger partial charge on any atom is 0.410 e. The van der Waals surface area contributed by atoms with Gasteiger partial charge in [-0.25, -0.2) is 4.79 Å². The van der Waals surface area contributed by atoms with Crippen LogP contribution in [0.3, 0.4) is 0 Å². The third-order valence-corrected chi connectivity index (χ3v) is 3.84. The van der Waals surface area contributed by atoms with Gasteiger partial charge in [-0.3, -0.25) is 0 Å². The molecule has 2 heterocycles. The van der Waals surface area contributed by atoms with Crippen molar-refractivity contribution in [2.75, 3.05) is 13.1 Å². The molecule has 1 fully saturated rings. The predicted octanol–water partition coefficient (Wildman–Crippen LogP) is 2.35. The minimum atomic E-state index is -1.18. The Morgan fingerprint density at radius 3 is 2.77 bits per heavy atom. The Hall–Kier alpha value is -1.53. The van der Waals surface area contributed by atoms with Crippen molar-refractivity contribution in [3.63, 3.8) is 0 Å². The first-order chi connectivity index (χ1) is 10.1. The van der Waals surface area contributed by atoms with Gasteiger partial charge in [-0.15, -0.1) is 0 Å². The third kappa shape index (κ3) is 3.81. The number of nitrogens with zero attached hydrogens (tertiary/aromatic N) is 1. The summed E-state index contributed by atoms with van der Waals surface area (Å²) in [5.41, 5.74) is 5.23. The lowest BCUT2D eigenvalue weighted by atomic mass is 9.83. The first kappa shape index (κ1) is 16.8. The number of ether oxygens (including phenoxy) is 1. The van der Waals surface area contributed by atoms with E-state index in [-0.39, 0.29) is 6.54 Å². The number of β-amino-alcohol motifs (C(OH)–C–C–N with tert-alkyl or cyclic N) is 1. The monoisotopic (exact) mass is 310 g/mol. The number of hydrogen-bond donors (Lipinski definition) is 2. The van der Waals surface area contributed by atoms with E-state index in [0.717, 1.165) is 11.3 Å². The Morgan fingerprint density at radius 1 is 1.55 bits per heavy atom. The second-order valence-corrected chi connectivity index (χ2v) is 7.08. The molecule has 124 valence electrons. The molecule has 6 nitrogen and oxygen atoms in total. The van der Waals surface area contributed by atoms with Crippen LogP contribution >= 0.6 is 0 Å². The summed E-state index contributed by atoms with van der Waals surface area (Å²) >= 11 is 0. The number of likely N-dealkylation sites (tertiary alicyclic amines) is 1. The third-order valence-electron chi connectivity index (χ3n) is 3.84. The zero-order chi connectivity index (χ0) is 16.5. The molecule has 1 aliphatic heterocycles. The molecule has 2 unspecified atom stereocenters. The Bertz CT molecular complexity index is 534. The summed E-state index contributed by atoms with van der Waals surface area (Å²) in [6.07, 6.45) is 2.36. The Labute approximate surface area is 131 Å². The average molecular weight is 310 g/mol. The van der Waals surface area contributed by atoms with E-state index in [0.29, 0.717) is 19.4 Å². The van der Waals surface area contributed by atoms with Crippen LogP contribution in [0.25, 0.3) is 0 Å². The van der Waals surface area contributed by atoms with Crippen molar-refractivity contribution in [2.45, 2.75) is 57.8 Å². The lowest BCUT2D eigenvalue weighted by Gasteiger charge is -2.42. The molecule has 1 aromatic rings. The molecule has 1 aliphatic rings. The van der Waals surface area contributed by atoms with E-state index in [1.807, 2.05) is 33.8 Å². The van der Waals surface area contributed by atoms with Crippen molar-refractivity contribution in [1.29, 1.82) is 0 Å². The molecule has 0 spiro atoms.